The second-order valence-corrected chi connectivity index (χ2v) is 4.25. The summed E-state index contributed by atoms with van der Waals surface area (Å²) in [5, 5.41) is 9.30. The summed E-state index contributed by atoms with van der Waals surface area (Å²) in [5.41, 5.74) is 0.929. The third-order valence-corrected chi connectivity index (χ3v) is 2.96. The maximum absolute atomic E-state index is 11.4. The molecule has 0 unspecified atom stereocenters. The molecule has 1 N–H and O–H groups in total. The Kier molecular flexibility index (Phi) is 4.66. The van der Waals surface area contributed by atoms with Crippen molar-refractivity contribution in [3.63, 3.8) is 0 Å². The number of hydrogen-bond acceptors (Lipinski definition) is 4. The van der Waals surface area contributed by atoms with E-state index in [-0.39, 0.29) is 17.1 Å². The number of carboxylic acid groups (broad SMARTS) is 1. The van der Waals surface area contributed by atoms with Gasteiger partial charge in [0.05, 0.1) is 14.2 Å². The first-order chi connectivity index (χ1) is 10.2. The van der Waals surface area contributed by atoms with E-state index >= 15 is 0 Å². The quantitative estimate of drug-likeness (QED) is 0.885. The van der Waals surface area contributed by atoms with Crippen LogP contribution in [0.2, 0.25) is 0 Å². The lowest BCUT2D eigenvalue weighted by Gasteiger charge is -2.15. The first-order valence-electron chi connectivity index (χ1n) is 6.32. The summed E-state index contributed by atoms with van der Waals surface area (Å²) in [5.74, 6) is -0.391. The van der Waals surface area contributed by atoms with Gasteiger partial charge in [0.2, 0.25) is 0 Å². The summed E-state index contributed by atoms with van der Waals surface area (Å²) in [4.78, 5) is 11.4. The van der Waals surface area contributed by atoms with Gasteiger partial charge in [-0.3, -0.25) is 0 Å². The number of carboxylic acids is 1. The van der Waals surface area contributed by atoms with Crippen molar-refractivity contribution in [2.75, 3.05) is 14.2 Å². The van der Waals surface area contributed by atoms with Crippen LogP contribution in [-0.2, 0) is 6.61 Å². The average molecular weight is 288 g/mol. The molecule has 2 rings (SSSR count). The first-order valence-corrected chi connectivity index (χ1v) is 6.32. The number of rotatable bonds is 6. The third kappa shape index (κ3) is 3.25. The zero-order valence-corrected chi connectivity index (χ0v) is 11.8. The largest absolute Gasteiger partial charge is 0.496 e. The minimum Gasteiger partial charge on any atom is -0.496 e. The molecule has 21 heavy (non-hydrogen) atoms. The van der Waals surface area contributed by atoms with E-state index in [4.69, 9.17) is 14.2 Å². The Hall–Kier alpha value is -2.69. The van der Waals surface area contributed by atoms with E-state index in [0.29, 0.717) is 12.4 Å². The summed E-state index contributed by atoms with van der Waals surface area (Å²) in [6.45, 7) is 0.322. The molecule has 0 radical (unpaired) electrons. The van der Waals surface area contributed by atoms with Gasteiger partial charge in [0, 0.05) is 0 Å². The predicted octanol–water partition coefficient (Wildman–Crippen LogP) is 2.98. The van der Waals surface area contributed by atoms with Crippen LogP contribution in [-0.4, -0.2) is 25.3 Å². The number of carbonyl (C=O) groups is 1. The van der Waals surface area contributed by atoms with E-state index < -0.39 is 5.97 Å². The Morgan fingerprint density at radius 2 is 1.67 bits per heavy atom. The SMILES string of the molecule is COc1ccc(OCc2ccccc2)c(OC)c1C(=O)O. The van der Waals surface area contributed by atoms with Crippen LogP contribution in [0.15, 0.2) is 42.5 Å². The number of aromatic carboxylic acids is 1. The first kappa shape index (κ1) is 14.7. The zero-order chi connectivity index (χ0) is 15.2. The molecule has 5 nitrogen and oxygen atoms in total. The molecule has 2 aromatic carbocycles. The molecule has 0 aliphatic heterocycles. The van der Waals surface area contributed by atoms with Gasteiger partial charge in [-0.2, -0.15) is 0 Å². The van der Waals surface area contributed by atoms with Crippen molar-refractivity contribution in [3.8, 4) is 17.2 Å². The Morgan fingerprint density at radius 1 is 1.00 bits per heavy atom. The normalized spacial score (nSPS) is 10.0. The van der Waals surface area contributed by atoms with Crippen molar-refractivity contribution >= 4 is 5.97 Å². The highest BCUT2D eigenvalue weighted by molar-refractivity contribution is 5.95. The molecule has 0 fully saturated rings. The van der Waals surface area contributed by atoms with Gasteiger partial charge in [0.15, 0.2) is 11.5 Å². The van der Waals surface area contributed by atoms with Crippen LogP contribution in [0, 0.1) is 0 Å². The molecule has 2 aromatic rings. The minimum absolute atomic E-state index is 0.0504. The minimum atomic E-state index is -1.13. The van der Waals surface area contributed by atoms with Gasteiger partial charge in [-0.25, -0.2) is 4.79 Å². The van der Waals surface area contributed by atoms with E-state index in [1.165, 1.54) is 14.2 Å². The van der Waals surface area contributed by atoms with E-state index in [0.717, 1.165) is 5.56 Å². The fourth-order valence-corrected chi connectivity index (χ4v) is 1.97. The lowest BCUT2D eigenvalue weighted by molar-refractivity contribution is 0.0688. The fourth-order valence-electron chi connectivity index (χ4n) is 1.97. The topological polar surface area (TPSA) is 65.0 Å². The summed E-state index contributed by atoms with van der Waals surface area (Å²) in [6.07, 6.45) is 0. The van der Waals surface area contributed by atoms with Crippen molar-refractivity contribution in [3.05, 3.63) is 53.6 Å². The smallest absolute Gasteiger partial charge is 0.343 e. The van der Waals surface area contributed by atoms with Gasteiger partial charge in [-0.1, -0.05) is 30.3 Å². The van der Waals surface area contributed by atoms with Crippen LogP contribution in [0.4, 0.5) is 0 Å². The molecule has 0 bridgehead atoms. The summed E-state index contributed by atoms with van der Waals surface area (Å²) in [7, 11) is 2.81. The summed E-state index contributed by atoms with van der Waals surface area (Å²) >= 11 is 0. The number of ether oxygens (including phenoxy) is 3. The highest BCUT2D eigenvalue weighted by atomic mass is 16.5. The Balaban J connectivity index is 2.31. The zero-order valence-electron chi connectivity index (χ0n) is 11.8. The fraction of sp³-hybridized carbons (Fsp3) is 0.188. The number of hydrogen-bond donors (Lipinski definition) is 1. The maximum Gasteiger partial charge on any atom is 0.343 e. The molecule has 0 heterocycles. The van der Waals surface area contributed by atoms with Gasteiger partial charge in [-0.05, 0) is 17.7 Å². The van der Waals surface area contributed by atoms with Crippen LogP contribution >= 0.6 is 0 Å². The number of methoxy groups -OCH3 is 2. The molecule has 0 aliphatic rings. The predicted molar refractivity (Wildman–Crippen MR) is 77.3 cm³/mol. The molecule has 0 atom stereocenters. The van der Waals surface area contributed by atoms with Gasteiger partial charge in [-0.15, -0.1) is 0 Å². The molecule has 0 saturated heterocycles. The molecule has 110 valence electrons. The second kappa shape index (κ2) is 6.65. The summed E-state index contributed by atoms with van der Waals surface area (Å²) < 4.78 is 15.9. The standard InChI is InChI=1S/C16H16O5/c1-19-12-8-9-13(15(20-2)14(12)16(17)18)21-10-11-6-4-3-5-7-11/h3-9H,10H2,1-2H3,(H,17,18). The van der Waals surface area contributed by atoms with E-state index in [2.05, 4.69) is 0 Å². The van der Waals surface area contributed by atoms with Crippen molar-refractivity contribution < 1.29 is 24.1 Å². The Morgan fingerprint density at radius 3 is 2.24 bits per heavy atom. The van der Waals surface area contributed by atoms with Crippen LogP contribution < -0.4 is 14.2 Å². The molecule has 5 heteroatoms. The Labute approximate surface area is 122 Å². The van der Waals surface area contributed by atoms with E-state index in [9.17, 15) is 9.90 Å². The monoisotopic (exact) mass is 288 g/mol. The highest BCUT2D eigenvalue weighted by Gasteiger charge is 2.22. The number of benzene rings is 2. The molecular weight excluding hydrogens is 272 g/mol. The average Bonchev–Trinajstić information content (AvgIpc) is 2.52. The van der Waals surface area contributed by atoms with Crippen molar-refractivity contribution in [2.45, 2.75) is 6.61 Å². The lowest BCUT2D eigenvalue weighted by Crippen LogP contribution is -2.06. The molecule has 0 amide bonds. The molecule has 0 aliphatic carbocycles. The van der Waals surface area contributed by atoms with E-state index in [1.54, 1.807) is 12.1 Å². The van der Waals surface area contributed by atoms with Gasteiger partial charge >= 0.3 is 5.97 Å². The molecule has 0 saturated carbocycles. The third-order valence-electron chi connectivity index (χ3n) is 2.96. The Bertz CT molecular complexity index is 622. The lowest BCUT2D eigenvalue weighted by atomic mass is 10.1. The van der Waals surface area contributed by atoms with Gasteiger partial charge in [0.25, 0.3) is 0 Å². The van der Waals surface area contributed by atoms with Crippen molar-refractivity contribution in [1.82, 2.24) is 0 Å². The van der Waals surface area contributed by atoms with Crippen molar-refractivity contribution in [1.29, 1.82) is 0 Å². The maximum atomic E-state index is 11.4. The van der Waals surface area contributed by atoms with Crippen LogP contribution in [0.25, 0.3) is 0 Å². The highest BCUT2D eigenvalue weighted by Crippen LogP contribution is 2.37. The molecule has 0 spiro atoms. The molecule has 0 aromatic heterocycles. The second-order valence-electron chi connectivity index (χ2n) is 4.25. The van der Waals surface area contributed by atoms with Crippen LogP contribution in [0.5, 0.6) is 17.2 Å². The van der Waals surface area contributed by atoms with Crippen LogP contribution in [0.3, 0.4) is 0 Å². The van der Waals surface area contributed by atoms with Crippen molar-refractivity contribution in [2.24, 2.45) is 0 Å². The van der Waals surface area contributed by atoms with Gasteiger partial charge in [0.1, 0.15) is 17.9 Å². The van der Waals surface area contributed by atoms with Crippen LogP contribution in [0.1, 0.15) is 15.9 Å². The van der Waals surface area contributed by atoms with Gasteiger partial charge < -0.3 is 19.3 Å². The van der Waals surface area contributed by atoms with E-state index in [1.807, 2.05) is 30.3 Å². The summed E-state index contributed by atoms with van der Waals surface area (Å²) in [6, 6.07) is 12.8. The molecular formula is C16H16O5.